The fourth-order valence-electron chi connectivity index (χ4n) is 1.76. The first-order valence-corrected chi connectivity index (χ1v) is 7.29. The quantitative estimate of drug-likeness (QED) is 0.858. The Balaban J connectivity index is 1.80. The minimum atomic E-state index is -0.293. The zero-order chi connectivity index (χ0) is 15.1. The average molecular weight is 304 g/mol. The average Bonchev–Trinajstić information content (AvgIpc) is 2.98. The fourth-order valence-corrected chi connectivity index (χ4v) is 2.46. The highest BCUT2D eigenvalue weighted by molar-refractivity contribution is 7.10. The van der Waals surface area contributed by atoms with Crippen molar-refractivity contribution in [1.82, 2.24) is 5.32 Å². The molecule has 0 aliphatic heterocycles. The third-order valence-electron chi connectivity index (χ3n) is 2.74. The van der Waals surface area contributed by atoms with Gasteiger partial charge in [-0.2, -0.15) is 0 Å². The first-order valence-electron chi connectivity index (χ1n) is 6.41. The van der Waals surface area contributed by atoms with Crippen molar-refractivity contribution in [2.45, 2.75) is 6.42 Å². The maximum absolute atomic E-state index is 11.8. The molecule has 2 rings (SSSR count). The van der Waals surface area contributed by atoms with E-state index in [2.05, 4.69) is 10.6 Å². The van der Waals surface area contributed by atoms with Crippen molar-refractivity contribution in [2.75, 3.05) is 19.0 Å². The van der Waals surface area contributed by atoms with Crippen LogP contribution < -0.4 is 15.4 Å². The van der Waals surface area contributed by atoms with E-state index in [1.807, 2.05) is 23.6 Å². The van der Waals surface area contributed by atoms with Gasteiger partial charge in [-0.25, -0.2) is 0 Å². The summed E-state index contributed by atoms with van der Waals surface area (Å²) in [6.07, 6.45) is 0.291. The van der Waals surface area contributed by atoms with Crippen LogP contribution in [-0.4, -0.2) is 25.5 Å². The molecule has 1 aromatic carbocycles. The van der Waals surface area contributed by atoms with Crippen LogP contribution in [0.3, 0.4) is 0 Å². The van der Waals surface area contributed by atoms with E-state index in [0.29, 0.717) is 17.9 Å². The maximum Gasteiger partial charge on any atom is 0.243 e. The summed E-state index contributed by atoms with van der Waals surface area (Å²) in [7, 11) is 1.54. The first-order chi connectivity index (χ1) is 10.2. The molecule has 0 aliphatic rings. The number of para-hydroxylation sites is 2. The molecule has 0 unspecified atom stereocenters. The summed E-state index contributed by atoms with van der Waals surface area (Å²) >= 11 is 1.52. The number of hydrogen-bond acceptors (Lipinski definition) is 4. The van der Waals surface area contributed by atoms with E-state index in [1.165, 1.54) is 18.4 Å². The van der Waals surface area contributed by atoms with Gasteiger partial charge in [0.15, 0.2) is 0 Å². The molecule has 0 fully saturated rings. The normalized spacial score (nSPS) is 9.95. The van der Waals surface area contributed by atoms with Crippen LogP contribution in [-0.2, 0) is 16.0 Å². The fraction of sp³-hybridized carbons (Fsp3) is 0.200. The lowest BCUT2D eigenvalue weighted by Gasteiger charge is -2.10. The van der Waals surface area contributed by atoms with E-state index in [-0.39, 0.29) is 18.4 Å². The number of amides is 2. The van der Waals surface area contributed by atoms with Gasteiger partial charge in [-0.15, -0.1) is 11.3 Å². The number of ether oxygens (including phenoxy) is 1. The topological polar surface area (TPSA) is 67.4 Å². The second kappa shape index (κ2) is 7.44. The van der Waals surface area contributed by atoms with Gasteiger partial charge in [0.2, 0.25) is 11.8 Å². The van der Waals surface area contributed by atoms with E-state index < -0.39 is 0 Å². The Kier molecular flexibility index (Phi) is 5.34. The second-order valence-electron chi connectivity index (χ2n) is 4.28. The molecule has 0 spiro atoms. The molecular weight excluding hydrogens is 288 g/mol. The number of anilines is 1. The molecule has 2 aromatic rings. The van der Waals surface area contributed by atoms with Gasteiger partial charge in [0.25, 0.3) is 0 Å². The van der Waals surface area contributed by atoms with Crippen LogP contribution in [0.25, 0.3) is 0 Å². The maximum atomic E-state index is 11.8. The van der Waals surface area contributed by atoms with Crippen LogP contribution in [0.4, 0.5) is 5.69 Å². The van der Waals surface area contributed by atoms with Crippen LogP contribution >= 0.6 is 11.3 Å². The van der Waals surface area contributed by atoms with E-state index in [0.717, 1.165) is 4.88 Å². The molecular formula is C15H16N2O3S. The van der Waals surface area contributed by atoms with Crippen LogP contribution in [0.2, 0.25) is 0 Å². The highest BCUT2D eigenvalue weighted by Gasteiger charge is 2.09. The molecule has 0 bridgehead atoms. The largest absolute Gasteiger partial charge is 0.495 e. The Bertz CT molecular complexity index is 611. The van der Waals surface area contributed by atoms with Gasteiger partial charge in [0.1, 0.15) is 5.75 Å². The molecule has 0 atom stereocenters. The number of benzene rings is 1. The number of thiophene rings is 1. The van der Waals surface area contributed by atoms with E-state index in [9.17, 15) is 9.59 Å². The Morgan fingerprint density at radius 2 is 1.95 bits per heavy atom. The van der Waals surface area contributed by atoms with E-state index in [4.69, 9.17) is 4.74 Å². The molecule has 0 saturated heterocycles. The lowest BCUT2D eigenvalue weighted by Crippen LogP contribution is -2.33. The molecule has 6 heteroatoms. The predicted octanol–water partition coefficient (Wildman–Crippen LogP) is 2.05. The van der Waals surface area contributed by atoms with E-state index >= 15 is 0 Å². The number of rotatable bonds is 6. The summed E-state index contributed by atoms with van der Waals surface area (Å²) in [4.78, 5) is 24.5. The zero-order valence-corrected chi connectivity index (χ0v) is 12.4. The van der Waals surface area contributed by atoms with Crippen LogP contribution in [0.5, 0.6) is 5.75 Å². The van der Waals surface area contributed by atoms with Crippen LogP contribution in [0, 0.1) is 0 Å². The first kappa shape index (κ1) is 15.1. The van der Waals surface area contributed by atoms with Gasteiger partial charge in [-0.1, -0.05) is 18.2 Å². The summed E-state index contributed by atoms with van der Waals surface area (Å²) in [6.45, 7) is -0.0672. The molecule has 21 heavy (non-hydrogen) atoms. The van der Waals surface area contributed by atoms with Crippen LogP contribution in [0.15, 0.2) is 41.8 Å². The molecule has 0 aliphatic carbocycles. The molecule has 0 saturated carbocycles. The van der Waals surface area contributed by atoms with Crippen LogP contribution in [0.1, 0.15) is 4.88 Å². The van der Waals surface area contributed by atoms with Gasteiger partial charge in [-0.3, -0.25) is 9.59 Å². The minimum absolute atomic E-state index is 0.0672. The molecule has 5 nitrogen and oxygen atoms in total. The third-order valence-corrected chi connectivity index (χ3v) is 3.62. The van der Waals surface area contributed by atoms with Crippen molar-refractivity contribution in [2.24, 2.45) is 0 Å². The van der Waals surface area contributed by atoms with Crippen molar-refractivity contribution in [3.8, 4) is 5.75 Å². The Morgan fingerprint density at radius 3 is 2.67 bits per heavy atom. The third kappa shape index (κ3) is 4.61. The van der Waals surface area contributed by atoms with Gasteiger partial charge in [-0.05, 0) is 23.6 Å². The van der Waals surface area contributed by atoms with E-state index in [1.54, 1.807) is 18.2 Å². The number of carbonyl (C=O) groups excluding carboxylic acids is 2. The minimum Gasteiger partial charge on any atom is -0.495 e. The number of nitrogens with one attached hydrogen (secondary N) is 2. The van der Waals surface area contributed by atoms with Crippen molar-refractivity contribution in [3.05, 3.63) is 46.7 Å². The molecule has 0 radical (unpaired) electrons. The predicted molar refractivity (Wildman–Crippen MR) is 82.7 cm³/mol. The van der Waals surface area contributed by atoms with Gasteiger partial charge < -0.3 is 15.4 Å². The number of carbonyl (C=O) groups is 2. The molecule has 1 heterocycles. The second-order valence-corrected chi connectivity index (χ2v) is 5.31. The number of hydrogen-bond donors (Lipinski definition) is 2. The lowest BCUT2D eigenvalue weighted by atomic mass is 10.3. The van der Waals surface area contributed by atoms with Crippen molar-refractivity contribution < 1.29 is 14.3 Å². The molecule has 1 aromatic heterocycles. The van der Waals surface area contributed by atoms with Gasteiger partial charge in [0.05, 0.1) is 25.8 Å². The highest BCUT2D eigenvalue weighted by Crippen LogP contribution is 2.22. The number of methoxy groups -OCH3 is 1. The SMILES string of the molecule is COc1ccccc1NC(=O)CNC(=O)Cc1cccs1. The Labute approximate surface area is 126 Å². The Morgan fingerprint density at radius 1 is 1.14 bits per heavy atom. The zero-order valence-electron chi connectivity index (χ0n) is 11.6. The highest BCUT2D eigenvalue weighted by atomic mass is 32.1. The van der Waals surface area contributed by atoms with Crippen molar-refractivity contribution >= 4 is 28.8 Å². The van der Waals surface area contributed by atoms with Crippen molar-refractivity contribution in [1.29, 1.82) is 0 Å². The standard InChI is InChI=1S/C15H16N2O3S/c1-20-13-7-3-2-6-12(13)17-15(19)10-16-14(18)9-11-5-4-8-21-11/h2-8H,9-10H2,1H3,(H,16,18)(H,17,19). The summed E-state index contributed by atoms with van der Waals surface area (Å²) in [5.41, 5.74) is 0.581. The summed E-state index contributed by atoms with van der Waals surface area (Å²) in [6, 6.07) is 10.9. The molecule has 110 valence electrons. The summed E-state index contributed by atoms with van der Waals surface area (Å²) in [5, 5.41) is 7.21. The Hall–Kier alpha value is -2.34. The van der Waals surface area contributed by atoms with Crippen molar-refractivity contribution in [3.63, 3.8) is 0 Å². The molecule has 2 N–H and O–H groups in total. The molecule has 2 amide bonds. The van der Waals surface area contributed by atoms with Gasteiger partial charge >= 0.3 is 0 Å². The lowest BCUT2D eigenvalue weighted by molar-refractivity contribution is -0.123. The monoisotopic (exact) mass is 304 g/mol. The summed E-state index contributed by atoms with van der Waals surface area (Å²) < 4.78 is 5.14. The smallest absolute Gasteiger partial charge is 0.243 e. The van der Waals surface area contributed by atoms with Gasteiger partial charge in [0, 0.05) is 4.88 Å². The summed E-state index contributed by atoms with van der Waals surface area (Å²) in [5.74, 6) is 0.113.